The fourth-order valence-corrected chi connectivity index (χ4v) is 2.40. The number of amides is 2. The van der Waals surface area contributed by atoms with Gasteiger partial charge >= 0.3 is 0 Å². The minimum Gasteiger partial charge on any atom is -0.348 e. The van der Waals surface area contributed by atoms with Gasteiger partial charge in [0.2, 0.25) is 11.8 Å². The summed E-state index contributed by atoms with van der Waals surface area (Å²) in [6, 6.07) is 14.0. The van der Waals surface area contributed by atoms with Crippen LogP contribution in [0, 0.1) is 6.92 Å². The molecule has 5 nitrogen and oxygen atoms in total. The summed E-state index contributed by atoms with van der Waals surface area (Å²) in [5, 5.41) is 5.64. The Kier molecular flexibility index (Phi) is 5.71. The van der Waals surface area contributed by atoms with Gasteiger partial charge in [0.05, 0.1) is 6.04 Å². The molecule has 2 atom stereocenters. The number of rotatable bonds is 5. The fourth-order valence-electron chi connectivity index (χ4n) is 2.40. The smallest absolute Gasteiger partial charge is 0.241 e. The Hall–Kier alpha value is -2.66. The number of benzene rings is 2. The van der Waals surface area contributed by atoms with Gasteiger partial charge in [-0.25, -0.2) is 0 Å². The van der Waals surface area contributed by atoms with Gasteiger partial charge in [-0.2, -0.15) is 0 Å². The Morgan fingerprint density at radius 1 is 1.04 bits per heavy atom. The lowest BCUT2D eigenvalue weighted by Gasteiger charge is -2.19. The van der Waals surface area contributed by atoms with Gasteiger partial charge in [0, 0.05) is 12.6 Å². The van der Waals surface area contributed by atoms with Gasteiger partial charge in [0.15, 0.2) is 0 Å². The van der Waals surface area contributed by atoms with E-state index in [9.17, 15) is 9.59 Å². The van der Waals surface area contributed by atoms with Crippen molar-refractivity contribution in [1.82, 2.24) is 5.32 Å². The predicted octanol–water partition coefficient (Wildman–Crippen LogP) is 2.83. The van der Waals surface area contributed by atoms with E-state index in [0.29, 0.717) is 5.69 Å². The van der Waals surface area contributed by atoms with E-state index < -0.39 is 6.04 Å². The second-order valence-corrected chi connectivity index (χ2v) is 5.93. The van der Waals surface area contributed by atoms with E-state index in [-0.39, 0.29) is 17.9 Å². The van der Waals surface area contributed by atoms with E-state index in [2.05, 4.69) is 10.6 Å². The Morgan fingerprint density at radius 3 is 2.33 bits per heavy atom. The molecule has 0 bridgehead atoms. The van der Waals surface area contributed by atoms with E-state index in [1.54, 1.807) is 6.07 Å². The van der Waals surface area contributed by atoms with Crippen molar-refractivity contribution in [2.75, 3.05) is 5.32 Å². The lowest BCUT2D eigenvalue weighted by Crippen LogP contribution is -2.35. The minimum absolute atomic E-state index is 0.134. The van der Waals surface area contributed by atoms with Crippen LogP contribution in [0.1, 0.15) is 42.6 Å². The molecule has 2 aromatic rings. The van der Waals surface area contributed by atoms with E-state index in [4.69, 9.17) is 5.73 Å². The molecule has 2 unspecified atom stereocenters. The SMILES string of the molecule is CC(=O)Nc1cccc(C(C)NC(=O)C(N)c2ccc(C)cc2)c1. The number of carbonyl (C=O) groups is 2. The Morgan fingerprint density at radius 2 is 1.71 bits per heavy atom. The number of aryl methyl sites for hydroxylation is 1. The molecule has 4 N–H and O–H groups in total. The molecule has 126 valence electrons. The summed E-state index contributed by atoms with van der Waals surface area (Å²) in [7, 11) is 0. The Bertz CT molecular complexity index is 726. The second-order valence-electron chi connectivity index (χ2n) is 5.93. The molecule has 0 spiro atoms. The lowest BCUT2D eigenvalue weighted by atomic mass is 10.0. The minimum atomic E-state index is -0.716. The van der Waals surface area contributed by atoms with Crippen LogP contribution in [0.4, 0.5) is 5.69 Å². The molecule has 0 aliphatic carbocycles. The first-order valence-electron chi connectivity index (χ1n) is 7.87. The largest absolute Gasteiger partial charge is 0.348 e. The highest BCUT2D eigenvalue weighted by molar-refractivity contribution is 5.88. The summed E-state index contributed by atoms with van der Waals surface area (Å²) < 4.78 is 0. The average Bonchev–Trinajstić information content (AvgIpc) is 2.54. The predicted molar refractivity (Wildman–Crippen MR) is 95.4 cm³/mol. The third-order valence-electron chi connectivity index (χ3n) is 3.78. The number of nitrogens with one attached hydrogen (secondary N) is 2. The van der Waals surface area contributed by atoms with Crippen molar-refractivity contribution in [2.45, 2.75) is 32.9 Å². The zero-order valence-electron chi connectivity index (χ0n) is 14.2. The second kappa shape index (κ2) is 7.75. The van der Waals surface area contributed by atoms with Crippen molar-refractivity contribution in [1.29, 1.82) is 0 Å². The number of anilines is 1. The lowest BCUT2D eigenvalue weighted by molar-refractivity contribution is -0.123. The first kappa shape index (κ1) is 17.7. The quantitative estimate of drug-likeness (QED) is 0.790. The van der Waals surface area contributed by atoms with Crippen LogP contribution in [0.5, 0.6) is 0 Å². The zero-order chi connectivity index (χ0) is 17.7. The molecule has 2 rings (SSSR count). The summed E-state index contributed by atoms with van der Waals surface area (Å²) in [5.74, 6) is -0.374. The van der Waals surface area contributed by atoms with Crippen molar-refractivity contribution in [3.8, 4) is 0 Å². The monoisotopic (exact) mass is 325 g/mol. The maximum absolute atomic E-state index is 12.4. The highest BCUT2D eigenvalue weighted by Gasteiger charge is 2.18. The summed E-state index contributed by atoms with van der Waals surface area (Å²) in [5.41, 5.74) is 9.53. The van der Waals surface area contributed by atoms with Crippen molar-refractivity contribution < 1.29 is 9.59 Å². The Labute approximate surface area is 142 Å². The summed E-state index contributed by atoms with van der Waals surface area (Å²) in [6.45, 7) is 5.32. The van der Waals surface area contributed by atoms with Gasteiger partial charge in [-0.1, -0.05) is 42.0 Å². The highest BCUT2D eigenvalue weighted by atomic mass is 16.2. The van der Waals surface area contributed by atoms with Crippen LogP contribution in [0.25, 0.3) is 0 Å². The van der Waals surface area contributed by atoms with Crippen LogP contribution < -0.4 is 16.4 Å². The molecule has 0 aliphatic rings. The topological polar surface area (TPSA) is 84.2 Å². The van der Waals surface area contributed by atoms with Gasteiger partial charge in [-0.05, 0) is 37.1 Å². The normalized spacial score (nSPS) is 13.0. The van der Waals surface area contributed by atoms with Gasteiger partial charge in [-0.3, -0.25) is 9.59 Å². The third kappa shape index (κ3) is 4.67. The number of hydrogen-bond acceptors (Lipinski definition) is 3. The molecular weight excluding hydrogens is 302 g/mol. The fraction of sp³-hybridized carbons (Fsp3) is 0.263. The number of nitrogens with two attached hydrogens (primary N) is 1. The maximum atomic E-state index is 12.4. The van der Waals surface area contributed by atoms with Crippen molar-refractivity contribution in [2.24, 2.45) is 5.73 Å². The molecule has 0 radical (unpaired) electrons. The Balaban J connectivity index is 2.05. The van der Waals surface area contributed by atoms with Crippen LogP contribution in [-0.2, 0) is 9.59 Å². The first-order chi connectivity index (χ1) is 11.4. The molecule has 0 aliphatic heterocycles. The molecule has 0 heterocycles. The van der Waals surface area contributed by atoms with Gasteiger partial charge < -0.3 is 16.4 Å². The van der Waals surface area contributed by atoms with E-state index in [1.807, 2.05) is 56.3 Å². The maximum Gasteiger partial charge on any atom is 0.241 e. The summed E-state index contributed by atoms with van der Waals surface area (Å²) in [6.07, 6.45) is 0. The molecule has 0 aromatic heterocycles. The van der Waals surface area contributed by atoms with Gasteiger partial charge in [-0.15, -0.1) is 0 Å². The molecule has 0 saturated heterocycles. The van der Waals surface area contributed by atoms with Crippen LogP contribution >= 0.6 is 0 Å². The van der Waals surface area contributed by atoms with Crippen LogP contribution in [-0.4, -0.2) is 11.8 Å². The third-order valence-corrected chi connectivity index (χ3v) is 3.78. The van der Waals surface area contributed by atoms with E-state index >= 15 is 0 Å². The van der Waals surface area contributed by atoms with Gasteiger partial charge in [0.1, 0.15) is 6.04 Å². The van der Waals surface area contributed by atoms with Crippen LogP contribution in [0.2, 0.25) is 0 Å². The first-order valence-corrected chi connectivity index (χ1v) is 7.87. The molecule has 5 heteroatoms. The molecule has 2 aromatic carbocycles. The van der Waals surface area contributed by atoms with Crippen molar-refractivity contribution in [3.05, 3.63) is 65.2 Å². The highest BCUT2D eigenvalue weighted by Crippen LogP contribution is 2.19. The standard InChI is InChI=1S/C19H23N3O2/c1-12-7-9-15(10-8-12)18(20)19(24)21-13(2)16-5-4-6-17(11-16)22-14(3)23/h4-11,13,18H,20H2,1-3H3,(H,21,24)(H,22,23). The van der Waals surface area contributed by atoms with Crippen LogP contribution in [0.3, 0.4) is 0 Å². The molecular formula is C19H23N3O2. The molecule has 24 heavy (non-hydrogen) atoms. The van der Waals surface area contributed by atoms with E-state index in [0.717, 1.165) is 16.7 Å². The molecule has 2 amide bonds. The number of hydrogen-bond donors (Lipinski definition) is 3. The van der Waals surface area contributed by atoms with Crippen LogP contribution in [0.15, 0.2) is 48.5 Å². The number of carbonyl (C=O) groups excluding carboxylic acids is 2. The molecule has 0 fully saturated rings. The summed E-state index contributed by atoms with van der Waals surface area (Å²) in [4.78, 5) is 23.5. The summed E-state index contributed by atoms with van der Waals surface area (Å²) >= 11 is 0. The van der Waals surface area contributed by atoms with Crippen molar-refractivity contribution >= 4 is 17.5 Å². The van der Waals surface area contributed by atoms with Gasteiger partial charge in [0.25, 0.3) is 0 Å². The van der Waals surface area contributed by atoms with E-state index in [1.165, 1.54) is 6.92 Å². The zero-order valence-corrected chi connectivity index (χ0v) is 14.2. The average molecular weight is 325 g/mol. The van der Waals surface area contributed by atoms with Crippen molar-refractivity contribution in [3.63, 3.8) is 0 Å². The molecule has 0 saturated carbocycles.